The number of rotatable bonds is 0. The molecule has 0 spiro atoms. The highest BCUT2D eigenvalue weighted by Gasteiger charge is 2.29. The first kappa shape index (κ1) is 7.12. The smallest absolute Gasteiger partial charge is 0.0669 e. The second kappa shape index (κ2) is 2.83. The number of nitrogens with zero attached hydrogens (tertiary/aromatic N) is 2. The Hall–Kier alpha value is -0.550. The Balaban J connectivity index is 2.01. The van der Waals surface area contributed by atoms with E-state index in [9.17, 15) is 0 Å². The molecule has 0 saturated carbocycles. The highest BCUT2D eigenvalue weighted by Crippen LogP contribution is 2.28. The standard InChI is InChI=1S/C9H14N2/c10-5-9-4-8-2-1-3-11(6-8)7-9/h8-9H,1-4,6-7H2/t8-,9-/m1/s1. The third-order valence-corrected chi connectivity index (χ3v) is 2.88. The Morgan fingerprint density at radius 3 is 3.00 bits per heavy atom. The van der Waals surface area contributed by atoms with Gasteiger partial charge in [-0.15, -0.1) is 0 Å². The molecule has 2 fully saturated rings. The first-order chi connectivity index (χ1) is 5.38. The number of hydrogen-bond acceptors (Lipinski definition) is 2. The van der Waals surface area contributed by atoms with Crippen LogP contribution in [0.3, 0.4) is 0 Å². The van der Waals surface area contributed by atoms with Crippen LogP contribution in [0.5, 0.6) is 0 Å². The molecule has 0 N–H and O–H groups in total. The fourth-order valence-corrected chi connectivity index (χ4v) is 2.39. The van der Waals surface area contributed by atoms with Crippen LogP contribution in [-0.2, 0) is 0 Å². The summed E-state index contributed by atoms with van der Waals surface area (Å²) in [5.41, 5.74) is 0. The molecule has 0 aromatic carbocycles. The van der Waals surface area contributed by atoms with Crippen molar-refractivity contribution in [2.45, 2.75) is 19.3 Å². The molecule has 0 aromatic heterocycles. The molecule has 1 unspecified atom stereocenters. The molecule has 3 atom stereocenters. The van der Waals surface area contributed by atoms with Crippen molar-refractivity contribution in [1.29, 1.82) is 5.26 Å². The Morgan fingerprint density at radius 1 is 1.36 bits per heavy atom. The van der Waals surface area contributed by atoms with Crippen molar-refractivity contribution >= 4 is 0 Å². The van der Waals surface area contributed by atoms with E-state index in [1.54, 1.807) is 0 Å². The fourth-order valence-electron chi connectivity index (χ4n) is 2.39. The molecule has 2 bridgehead atoms. The van der Waals surface area contributed by atoms with Crippen LogP contribution < -0.4 is 0 Å². The maximum absolute atomic E-state index is 8.77. The maximum atomic E-state index is 8.77. The summed E-state index contributed by atoms with van der Waals surface area (Å²) in [5, 5.41) is 8.77. The van der Waals surface area contributed by atoms with Gasteiger partial charge in [0, 0.05) is 13.1 Å². The maximum Gasteiger partial charge on any atom is 0.0669 e. The van der Waals surface area contributed by atoms with E-state index in [-0.39, 0.29) is 0 Å². The lowest BCUT2D eigenvalue weighted by Gasteiger charge is -2.39. The molecular weight excluding hydrogens is 136 g/mol. The Morgan fingerprint density at radius 2 is 2.27 bits per heavy atom. The monoisotopic (exact) mass is 150 g/mol. The van der Waals surface area contributed by atoms with Crippen LogP contribution in [0.15, 0.2) is 0 Å². The zero-order chi connectivity index (χ0) is 7.68. The lowest BCUT2D eigenvalue weighted by molar-refractivity contribution is 0.101. The quantitative estimate of drug-likeness (QED) is 0.519. The summed E-state index contributed by atoms with van der Waals surface area (Å²) in [6, 6.07) is 2.39. The van der Waals surface area contributed by atoms with E-state index in [2.05, 4.69) is 11.0 Å². The van der Waals surface area contributed by atoms with Gasteiger partial charge in [0.2, 0.25) is 0 Å². The van der Waals surface area contributed by atoms with Crippen molar-refractivity contribution in [2.24, 2.45) is 11.8 Å². The topological polar surface area (TPSA) is 27.0 Å². The van der Waals surface area contributed by atoms with Gasteiger partial charge in [-0.1, -0.05) is 0 Å². The average Bonchev–Trinajstić information content (AvgIpc) is 2.03. The third-order valence-electron chi connectivity index (χ3n) is 2.88. The Labute approximate surface area is 67.8 Å². The predicted octanol–water partition coefficient (Wildman–Crippen LogP) is 1.24. The van der Waals surface area contributed by atoms with Crippen molar-refractivity contribution in [3.63, 3.8) is 0 Å². The van der Waals surface area contributed by atoms with Gasteiger partial charge in [-0.3, -0.25) is 0 Å². The second-order valence-electron chi connectivity index (χ2n) is 3.83. The third kappa shape index (κ3) is 1.39. The Kier molecular flexibility index (Phi) is 1.83. The lowest BCUT2D eigenvalue weighted by Crippen LogP contribution is -2.43. The van der Waals surface area contributed by atoms with E-state index in [1.807, 2.05) is 0 Å². The van der Waals surface area contributed by atoms with Gasteiger partial charge in [0.25, 0.3) is 0 Å². The summed E-state index contributed by atoms with van der Waals surface area (Å²) in [6.07, 6.45) is 3.87. The number of hydrogen-bond donors (Lipinski definition) is 0. The van der Waals surface area contributed by atoms with Crippen molar-refractivity contribution in [2.75, 3.05) is 19.6 Å². The zero-order valence-corrected chi connectivity index (χ0v) is 6.79. The second-order valence-corrected chi connectivity index (χ2v) is 3.83. The molecule has 0 aromatic rings. The SMILES string of the molecule is N#C[C@H]1C[C@H]2CCCN(C1)C2. The molecule has 11 heavy (non-hydrogen) atoms. The van der Waals surface area contributed by atoms with Crippen LogP contribution in [0, 0.1) is 23.2 Å². The first-order valence-corrected chi connectivity index (χ1v) is 4.50. The normalized spacial score (nSPS) is 43.0. The van der Waals surface area contributed by atoms with E-state index in [0.29, 0.717) is 5.92 Å². The molecule has 2 heteroatoms. The molecule has 0 amide bonds. The molecule has 0 aliphatic carbocycles. The molecule has 2 saturated heterocycles. The highest BCUT2D eigenvalue weighted by atomic mass is 15.1. The minimum Gasteiger partial charge on any atom is -0.302 e. The first-order valence-electron chi connectivity index (χ1n) is 4.50. The van der Waals surface area contributed by atoms with Gasteiger partial charge in [0.05, 0.1) is 12.0 Å². The van der Waals surface area contributed by atoms with Crippen LogP contribution in [0.4, 0.5) is 0 Å². The minimum absolute atomic E-state index is 0.328. The van der Waals surface area contributed by atoms with Crippen molar-refractivity contribution in [1.82, 2.24) is 4.90 Å². The highest BCUT2D eigenvalue weighted by molar-refractivity contribution is 4.93. The Bertz CT molecular complexity index is 170. The van der Waals surface area contributed by atoms with Crippen LogP contribution in [0.25, 0.3) is 0 Å². The summed E-state index contributed by atoms with van der Waals surface area (Å²) < 4.78 is 0. The summed E-state index contributed by atoms with van der Waals surface area (Å²) in [7, 11) is 0. The fraction of sp³-hybridized carbons (Fsp3) is 0.889. The molecule has 2 rings (SSSR count). The predicted molar refractivity (Wildman–Crippen MR) is 42.9 cm³/mol. The number of piperidine rings is 2. The summed E-state index contributed by atoms with van der Waals surface area (Å²) in [5.74, 6) is 1.16. The van der Waals surface area contributed by atoms with Gasteiger partial charge in [-0.25, -0.2) is 0 Å². The van der Waals surface area contributed by atoms with Gasteiger partial charge in [0.1, 0.15) is 0 Å². The summed E-state index contributed by atoms with van der Waals surface area (Å²) >= 11 is 0. The van der Waals surface area contributed by atoms with E-state index in [1.165, 1.54) is 25.9 Å². The van der Waals surface area contributed by atoms with Crippen molar-refractivity contribution < 1.29 is 0 Å². The molecule has 0 radical (unpaired) electrons. The molecule has 2 nitrogen and oxygen atoms in total. The lowest BCUT2D eigenvalue weighted by atomic mass is 9.84. The molecular formula is C9H14N2. The summed E-state index contributed by atoms with van der Waals surface area (Å²) in [6.45, 7) is 3.53. The van der Waals surface area contributed by atoms with Crippen LogP contribution in [-0.4, -0.2) is 24.5 Å². The summed E-state index contributed by atoms with van der Waals surface area (Å²) in [4.78, 5) is 2.45. The van der Waals surface area contributed by atoms with Crippen LogP contribution in [0.2, 0.25) is 0 Å². The number of fused-ring (bicyclic) bond motifs is 2. The van der Waals surface area contributed by atoms with Crippen LogP contribution in [0.1, 0.15) is 19.3 Å². The van der Waals surface area contributed by atoms with Crippen LogP contribution >= 0.6 is 0 Å². The van der Waals surface area contributed by atoms with Gasteiger partial charge < -0.3 is 4.90 Å². The molecule has 2 aliphatic rings. The largest absolute Gasteiger partial charge is 0.302 e. The van der Waals surface area contributed by atoms with Crippen molar-refractivity contribution in [3.8, 4) is 6.07 Å². The van der Waals surface area contributed by atoms with E-state index in [4.69, 9.17) is 5.26 Å². The van der Waals surface area contributed by atoms with E-state index in [0.717, 1.165) is 18.9 Å². The van der Waals surface area contributed by atoms with Crippen molar-refractivity contribution in [3.05, 3.63) is 0 Å². The average molecular weight is 150 g/mol. The zero-order valence-electron chi connectivity index (χ0n) is 6.79. The van der Waals surface area contributed by atoms with Gasteiger partial charge >= 0.3 is 0 Å². The van der Waals surface area contributed by atoms with Gasteiger partial charge in [-0.05, 0) is 31.7 Å². The van der Waals surface area contributed by atoms with E-state index >= 15 is 0 Å². The van der Waals surface area contributed by atoms with Gasteiger partial charge in [-0.2, -0.15) is 5.26 Å². The molecule has 60 valence electrons. The van der Waals surface area contributed by atoms with E-state index < -0.39 is 0 Å². The van der Waals surface area contributed by atoms with Gasteiger partial charge in [0.15, 0.2) is 0 Å². The molecule has 2 heterocycles. The minimum atomic E-state index is 0.328. The molecule has 2 aliphatic heterocycles. The number of nitriles is 1.